The van der Waals surface area contributed by atoms with Crippen molar-refractivity contribution in [1.29, 1.82) is 5.26 Å². The first-order valence-electron chi connectivity index (χ1n) is 5.13. The first-order valence-corrected chi connectivity index (χ1v) is 6.01. The van der Waals surface area contributed by atoms with Crippen molar-refractivity contribution < 1.29 is 19.1 Å². The highest BCUT2D eigenvalue weighted by atomic mass is 32.1. The van der Waals surface area contributed by atoms with Crippen LogP contribution in [0.4, 0.5) is 5.69 Å². The molecule has 19 heavy (non-hydrogen) atoms. The predicted octanol–water partition coefficient (Wildman–Crippen LogP) is 0.421. The highest BCUT2D eigenvalue weighted by Crippen LogP contribution is 2.28. The van der Waals surface area contributed by atoms with Gasteiger partial charge >= 0.3 is 17.8 Å². The average molecular weight is 281 g/mol. The smallest absolute Gasteiger partial charge is 0.350 e. The van der Waals surface area contributed by atoms with Crippen LogP contribution < -0.4 is 10.6 Å². The van der Waals surface area contributed by atoms with Crippen LogP contribution in [0.1, 0.15) is 15.2 Å². The van der Waals surface area contributed by atoms with Crippen LogP contribution in [-0.2, 0) is 14.3 Å². The third-order valence-corrected chi connectivity index (χ3v) is 3.20. The Morgan fingerprint density at radius 3 is 2.68 bits per heavy atom. The van der Waals surface area contributed by atoms with Gasteiger partial charge in [0.1, 0.15) is 11.4 Å². The second-order valence-electron chi connectivity index (χ2n) is 3.41. The number of nitrogens with one attached hydrogen (secondary N) is 2. The van der Waals surface area contributed by atoms with E-state index in [0.717, 1.165) is 11.3 Å². The third-order valence-electron chi connectivity index (χ3n) is 2.12. The maximum absolute atomic E-state index is 11.6. The highest BCUT2D eigenvalue weighted by molar-refractivity contribution is 7.12. The van der Waals surface area contributed by atoms with Gasteiger partial charge < -0.3 is 15.4 Å². The Balaban J connectivity index is 2.85. The van der Waals surface area contributed by atoms with Gasteiger partial charge in [0.15, 0.2) is 0 Å². The van der Waals surface area contributed by atoms with Crippen LogP contribution in [0.25, 0.3) is 0 Å². The van der Waals surface area contributed by atoms with E-state index < -0.39 is 17.8 Å². The lowest BCUT2D eigenvalue weighted by Gasteiger charge is -2.06. The summed E-state index contributed by atoms with van der Waals surface area (Å²) >= 11 is 1.11. The summed E-state index contributed by atoms with van der Waals surface area (Å²) in [5, 5.41) is 14.4. The van der Waals surface area contributed by atoms with Crippen molar-refractivity contribution in [2.75, 3.05) is 19.0 Å². The number of nitriles is 1. The van der Waals surface area contributed by atoms with Crippen LogP contribution >= 0.6 is 11.3 Å². The van der Waals surface area contributed by atoms with E-state index in [4.69, 9.17) is 5.26 Å². The number of hydrogen-bond acceptors (Lipinski definition) is 6. The molecule has 0 fully saturated rings. The van der Waals surface area contributed by atoms with E-state index in [0.29, 0.717) is 5.56 Å². The van der Waals surface area contributed by atoms with Gasteiger partial charge in [-0.1, -0.05) is 0 Å². The van der Waals surface area contributed by atoms with Gasteiger partial charge in [0, 0.05) is 0 Å². The SMILES string of the molecule is COC(=O)c1scc(C)c1NC(=O)C(=O)NCC#N. The number of nitrogens with zero attached hydrogens (tertiary/aromatic N) is 1. The first-order chi connectivity index (χ1) is 9.01. The molecule has 1 heterocycles. The van der Waals surface area contributed by atoms with Gasteiger partial charge in [-0.2, -0.15) is 5.26 Å². The topological polar surface area (TPSA) is 108 Å². The quantitative estimate of drug-likeness (QED) is 0.474. The molecule has 0 aliphatic heterocycles. The Kier molecular flexibility index (Phi) is 5.02. The number of esters is 1. The Bertz CT molecular complexity index is 559. The number of rotatable bonds is 3. The van der Waals surface area contributed by atoms with E-state index in [2.05, 4.69) is 15.4 Å². The number of amides is 2. The van der Waals surface area contributed by atoms with E-state index in [-0.39, 0.29) is 17.1 Å². The second-order valence-corrected chi connectivity index (χ2v) is 4.29. The summed E-state index contributed by atoms with van der Waals surface area (Å²) in [6, 6.07) is 1.68. The van der Waals surface area contributed by atoms with Crippen LogP contribution in [0.15, 0.2) is 5.38 Å². The van der Waals surface area contributed by atoms with Gasteiger partial charge in [0.2, 0.25) is 0 Å². The average Bonchev–Trinajstić information content (AvgIpc) is 2.76. The summed E-state index contributed by atoms with van der Waals surface area (Å²) in [5.74, 6) is -2.48. The molecule has 1 rings (SSSR count). The van der Waals surface area contributed by atoms with Gasteiger partial charge in [-0.15, -0.1) is 11.3 Å². The maximum atomic E-state index is 11.6. The fraction of sp³-hybridized carbons (Fsp3) is 0.273. The normalized spacial score (nSPS) is 9.32. The molecule has 0 atom stereocenters. The summed E-state index contributed by atoms with van der Waals surface area (Å²) in [6.45, 7) is 1.42. The molecule has 100 valence electrons. The number of aryl methyl sites for hydroxylation is 1. The highest BCUT2D eigenvalue weighted by Gasteiger charge is 2.21. The molecule has 7 nitrogen and oxygen atoms in total. The summed E-state index contributed by atoms with van der Waals surface area (Å²) in [7, 11) is 1.22. The van der Waals surface area contributed by atoms with Crippen molar-refractivity contribution in [3.8, 4) is 6.07 Å². The molecule has 2 amide bonds. The van der Waals surface area contributed by atoms with Crippen molar-refractivity contribution in [3.05, 3.63) is 15.8 Å². The summed E-state index contributed by atoms with van der Waals surface area (Å²) in [4.78, 5) is 34.5. The van der Waals surface area contributed by atoms with E-state index in [1.165, 1.54) is 7.11 Å². The molecular formula is C11H11N3O4S. The molecule has 2 N–H and O–H groups in total. The van der Waals surface area contributed by atoms with Gasteiger partial charge in [0.05, 0.1) is 18.9 Å². The minimum Gasteiger partial charge on any atom is -0.465 e. The Labute approximate surface area is 113 Å². The minimum atomic E-state index is -0.943. The van der Waals surface area contributed by atoms with Crippen molar-refractivity contribution >= 4 is 34.8 Å². The second kappa shape index (κ2) is 6.51. The zero-order valence-electron chi connectivity index (χ0n) is 10.3. The molecule has 0 radical (unpaired) electrons. The third kappa shape index (κ3) is 3.53. The lowest BCUT2D eigenvalue weighted by atomic mass is 10.2. The number of ether oxygens (including phenoxy) is 1. The maximum Gasteiger partial charge on any atom is 0.350 e. The number of carbonyl (C=O) groups excluding carboxylic acids is 3. The molecule has 0 aromatic carbocycles. The molecule has 0 bridgehead atoms. The molecule has 0 spiro atoms. The van der Waals surface area contributed by atoms with Crippen molar-refractivity contribution in [2.45, 2.75) is 6.92 Å². The molecule has 0 saturated carbocycles. The molecule has 1 aromatic rings. The van der Waals surface area contributed by atoms with Crippen LogP contribution in [0.3, 0.4) is 0 Å². The zero-order chi connectivity index (χ0) is 14.4. The van der Waals surface area contributed by atoms with Crippen LogP contribution in [0.2, 0.25) is 0 Å². The Morgan fingerprint density at radius 1 is 1.42 bits per heavy atom. The van der Waals surface area contributed by atoms with Gasteiger partial charge in [-0.3, -0.25) is 9.59 Å². The Morgan fingerprint density at radius 2 is 2.11 bits per heavy atom. The summed E-state index contributed by atoms with van der Waals surface area (Å²) < 4.78 is 4.57. The van der Waals surface area contributed by atoms with Crippen molar-refractivity contribution in [3.63, 3.8) is 0 Å². The van der Waals surface area contributed by atoms with Gasteiger partial charge in [0.25, 0.3) is 0 Å². The van der Waals surface area contributed by atoms with Crippen molar-refractivity contribution in [1.82, 2.24) is 5.32 Å². The largest absolute Gasteiger partial charge is 0.465 e. The van der Waals surface area contributed by atoms with Crippen LogP contribution in [-0.4, -0.2) is 31.4 Å². The minimum absolute atomic E-state index is 0.210. The summed E-state index contributed by atoms with van der Waals surface area (Å²) in [5.41, 5.74) is 0.890. The van der Waals surface area contributed by atoms with Crippen molar-refractivity contribution in [2.24, 2.45) is 0 Å². The lowest BCUT2D eigenvalue weighted by Crippen LogP contribution is -2.35. The zero-order valence-corrected chi connectivity index (χ0v) is 11.1. The molecule has 0 saturated heterocycles. The van der Waals surface area contributed by atoms with E-state index in [1.807, 2.05) is 0 Å². The number of anilines is 1. The molecular weight excluding hydrogens is 270 g/mol. The molecule has 0 aliphatic rings. The summed E-state index contributed by atoms with van der Waals surface area (Å²) in [6.07, 6.45) is 0. The van der Waals surface area contributed by atoms with E-state index in [1.54, 1.807) is 18.4 Å². The molecule has 0 unspecified atom stereocenters. The fourth-order valence-electron chi connectivity index (χ4n) is 1.21. The van der Waals surface area contributed by atoms with Crippen LogP contribution in [0, 0.1) is 18.3 Å². The predicted molar refractivity (Wildman–Crippen MR) is 67.6 cm³/mol. The van der Waals surface area contributed by atoms with E-state index in [9.17, 15) is 14.4 Å². The monoisotopic (exact) mass is 281 g/mol. The number of carbonyl (C=O) groups is 3. The van der Waals surface area contributed by atoms with Gasteiger partial charge in [-0.25, -0.2) is 4.79 Å². The Hall–Kier alpha value is -2.40. The van der Waals surface area contributed by atoms with Crippen LogP contribution in [0.5, 0.6) is 0 Å². The lowest BCUT2D eigenvalue weighted by molar-refractivity contribution is -0.136. The molecule has 1 aromatic heterocycles. The number of thiophene rings is 1. The van der Waals surface area contributed by atoms with E-state index >= 15 is 0 Å². The number of methoxy groups -OCH3 is 1. The fourth-order valence-corrected chi connectivity index (χ4v) is 2.13. The standard InChI is InChI=1S/C11H11N3O4S/c1-6-5-19-8(11(17)18-2)7(6)14-10(16)9(15)13-4-3-12/h5H,4H2,1-2H3,(H,13,15)(H,14,16). The molecule has 8 heteroatoms. The number of hydrogen-bond donors (Lipinski definition) is 2. The molecule has 0 aliphatic carbocycles. The van der Waals surface area contributed by atoms with Gasteiger partial charge in [-0.05, 0) is 17.9 Å². The first kappa shape index (κ1) is 14.7.